The molecule has 0 atom stereocenters. The van der Waals surface area contributed by atoms with Crippen LogP contribution in [0.4, 0.5) is 11.4 Å². The molecule has 4 nitrogen and oxygen atoms in total. The van der Waals surface area contributed by atoms with Gasteiger partial charge in [0.2, 0.25) is 0 Å². The topological polar surface area (TPSA) is 31.2 Å². The first-order valence-corrected chi connectivity index (χ1v) is 6.98. The average Bonchev–Trinajstić information content (AvgIpc) is 2.93. The molecule has 0 bridgehead atoms. The van der Waals surface area contributed by atoms with E-state index in [9.17, 15) is 0 Å². The molecule has 0 aliphatic carbocycles. The quantitative estimate of drug-likeness (QED) is 0.782. The summed E-state index contributed by atoms with van der Waals surface area (Å²) in [4.78, 5) is 4.42. The van der Waals surface area contributed by atoms with E-state index in [0.717, 1.165) is 24.6 Å². The van der Waals surface area contributed by atoms with Crippen molar-refractivity contribution in [2.75, 3.05) is 13.7 Å². The zero-order valence-corrected chi connectivity index (χ0v) is 12.1. The second kappa shape index (κ2) is 6.22. The van der Waals surface area contributed by atoms with E-state index in [2.05, 4.69) is 51.6 Å². The highest BCUT2D eigenvalue weighted by atomic mass is 15.3. The minimum absolute atomic E-state index is 0.867. The third-order valence-electron chi connectivity index (χ3n) is 3.30. The molecule has 106 valence electrons. The maximum atomic E-state index is 4.25. The lowest BCUT2D eigenvalue weighted by Gasteiger charge is -2.17. The van der Waals surface area contributed by atoms with Crippen LogP contribution in [0.2, 0.25) is 0 Å². The molecule has 0 fully saturated rings. The van der Waals surface area contributed by atoms with Crippen molar-refractivity contribution < 1.29 is 0 Å². The monoisotopic (exact) mass is 278 g/mol. The molecule has 0 N–H and O–H groups in total. The van der Waals surface area contributed by atoms with Gasteiger partial charge in [0, 0.05) is 26.0 Å². The highest BCUT2D eigenvalue weighted by Gasteiger charge is 2.08. The summed E-state index contributed by atoms with van der Waals surface area (Å²) in [6.45, 7) is 1.85. The number of benzene rings is 2. The van der Waals surface area contributed by atoms with Gasteiger partial charge in [0.25, 0.3) is 0 Å². The highest BCUT2D eigenvalue weighted by Crippen LogP contribution is 2.19. The van der Waals surface area contributed by atoms with Gasteiger partial charge in [-0.2, -0.15) is 10.2 Å². The van der Waals surface area contributed by atoms with Crippen molar-refractivity contribution in [2.45, 2.75) is 6.54 Å². The van der Waals surface area contributed by atoms with Gasteiger partial charge in [-0.05, 0) is 29.8 Å². The number of rotatable bonds is 4. The summed E-state index contributed by atoms with van der Waals surface area (Å²) < 4.78 is 0. The predicted octanol–water partition coefficient (Wildman–Crippen LogP) is 4.28. The average molecular weight is 278 g/mol. The normalized spacial score (nSPS) is 14.3. The maximum absolute atomic E-state index is 4.25. The molecule has 2 aromatic rings. The molecule has 2 aromatic carbocycles. The molecule has 0 saturated carbocycles. The van der Waals surface area contributed by atoms with E-state index in [4.69, 9.17) is 0 Å². The van der Waals surface area contributed by atoms with Crippen molar-refractivity contribution >= 4 is 11.4 Å². The van der Waals surface area contributed by atoms with Crippen LogP contribution in [0.1, 0.15) is 5.56 Å². The first-order valence-electron chi connectivity index (χ1n) is 6.98. The molecule has 4 heteroatoms. The largest absolute Gasteiger partial charge is 0.362 e. The van der Waals surface area contributed by atoms with Gasteiger partial charge >= 0.3 is 0 Å². The number of hydrogen-bond donors (Lipinski definition) is 0. The van der Waals surface area contributed by atoms with E-state index in [1.54, 1.807) is 0 Å². The fraction of sp³-hybridized carbons (Fsp3) is 0.176. The first kappa shape index (κ1) is 13.4. The summed E-state index contributed by atoms with van der Waals surface area (Å²) in [7, 11) is 2.07. The van der Waals surface area contributed by atoms with Gasteiger partial charge in [-0.3, -0.25) is 0 Å². The summed E-state index contributed by atoms with van der Waals surface area (Å²) >= 11 is 0. The van der Waals surface area contributed by atoms with E-state index in [0.29, 0.717) is 0 Å². The van der Waals surface area contributed by atoms with Crippen LogP contribution in [-0.2, 0) is 6.54 Å². The third kappa shape index (κ3) is 3.69. The Morgan fingerprint density at radius 3 is 2.14 bits per heavy atom. The Labute approximate surface area is 125 Å². The first-order chi connectivity index (χ1) is 10.3. The minimum atomic E-state index is 0.867. The van der Waals surface area contributed by atoms with Crippen molar-refractivity contribution in [3.8, 4) is 0 Å². The molecule has 0 radical (unpaired) electrons. The van der Waals surface area contributed by atoms with Crippen molar-refractivity contribution in [1.82, 2.24) is 9.80 Å². The van der Waals surface area contributed by atoms with Crippen LogP contribution in [0.5, 0.6) is 0 Å². The number of nitrogens with zero attached hydrogens (tertiary/aromatic N) is 4. The van der Waals surface area contributed by atoms with Gasteiger partial charge < -0.3 is 9.80 Å². The van der Waals surface area contributed by atoms with E-state index in [-0.39, 0.29) is 0 Å². The molecule has 0 saturated heterocycles. The molecule has 0 amide bonds. The van der Waals surface area contributed by atoms with Crippen molar-refractivity contribution in [3.63, 3.8) is 0 Å². The second-order valence-corrected chi connectivity index (χ2v) is 5.15. The second-order valence-electron chi connectivity index (χ2n) is 5.15. The van der Waals surface area contributed by atoms with Gasteiger partial charge in [0.05, 0.1) is 18.0 Å². The van der Waals surface area contributed by atoms with Gasteiger partial charge in [-0.1, -0.05) is 30.3 Å². The van der Waals surface area contributed by atoms with Gasteiger partial charge in [0.15, 0.2) is 0 Å². The zero-order valence-electron chi connectivity index (χ0n) is 12.1. The lowest BCUT2D eigenvalue weighted by molar-refractivity contribution is 0.291. The number of hydrogen-bond acceptors (Lipinski definition) is 4. The Hall–Kier alpha value is -2.62. The third-order valence-corrected chi connectivity index (χ3v) is 3.30. The van der Waals surface area contributed by atoms with Crippen LogP contribution in [0.25, 0.3) is 0 Å². The fourth-order valence-corrected chi connectivity index (χ4v) is 2.20. The summed E-state index contributed by atoms with van der Waals surface area (Å²) in [5.41, 5.74) is 3.01. The summed E-state index contributed by atoms with van der Waals surface area (Å²) in [5, 5.41) is 8.47. The zero-order chi connectivity index (χ0) is 14.5. The van der Waals surface area contributed by atoms with Crippen LogP contribution in [0.3, 0.4) is 0 Å². The van der Waals surface area contributed by atoms with Crippen molar-refractivity contribution in [3.05, 3.63) is 72.6 Å². The lowest BCUT2D eigenvalue weighted by Crippen LogP contribution is -2.21. The minimum Gasteiger partial charge on any atom is -0.362 e. The smallest absolute Gasteiger partial charge is 0.0894 e. The summed E-state index contributed by atoms with van der Waals surface area (Å²) in [6.07, 6.45) is 4.20. The van der Waals surface area contributed by atoms with E-state index >= 15 is 0 Å². The standard InChI is InChI=1S/C17H18N4/c1-20-11-12-21(14-20)13-15-7-9-17(10-8-15)19-18-16-5-3-2-4-6-16/h2-12H,13-14H2,1H3/b19-18+. The molecule has 1 aliphatic rings. The van der Waals surface area contributed by atoms with Crippen LogP contribution in [0.15, 0.2) is 77.2 Å². The maximum Gasteiger partial charge on any atom is 0.0894 e. The lowest BCUT2D eigenvalue weighted by atomic mass is 10.2. The Morgan fingerprint density at radius 1 is 0.857 bits per heavy atom. The van der Waals surface area contributed by atoms with Crippen LogP contribution in [-0.4, -0.2) is 23.5 Å². The Bertz CT molecular complexity index is 632. The van der Waals surface area contributed by atoms with Crippen LogP contribution in [0, 0.1) is 0 Å². The Morgan fingerprint density at radius 2 is 1.52 bits per heavy atom. The molecule has 1 heterocycles. The molecule has 0 spiro atoms. The highest BCUT2D eigenvalue weighted by molar-refractivity contribution is 5.41. The molecular weight excluding hydrogens is 260 g/mol. The van der Waals surface area contributed by atoms with Crippen LogP contribution < -0.4 is 0 Å². The van der Waals surface area contributed by atoms with Gasteiger partial charge in [0.1, 0.15) is 0 Å². The van der Waals surface area contributed by atoms with Crippen LogP contribution >= 0.6 is 0 Å². The Kier molecular flexibility index (Phi) is 3.96. The molecule has 0 unspecified atom stereocenters. The fourth-order valence-electron chi connectivity index (χ4n) is 2.20. The molecular formula is C17H18N4. The van der Waals surface area contributed by atoms with Gasteiger partial charge in [-0.25, -0.2) is 0 Å². The number of azo groups is 1. The van der Waals surface area contributed by atoms with E-state index in [1.165, 1.54) is 5.56 Å². The molecule has 0 aromatic heterocycles. The summed E-state index contributed by atoms with van der Waals surface area (Å²) in [5.74, 6) is 0. The molecule has 3 rings (SSSR count). The van der Waals surface area contributed by atoms with Crippen molar-refractivity contribution in [1.29, 1.82) is 0 Å². The van der Waals surface area contributed by atoms with E-state index in [1.807, 2.05) is 42.5 Å². The Balaban J connectivity index is 1.62. The molecule has 21 heavy (non-hydrogen) atoms. The molecule has 1 aliphatic heterocycles. The van der Waals surface area contributed by atoms with Gasteiger partial charge in [-0.15, -0.1) is 0 Å². The van der Waals surface area contributed by atoms with Crippen molar-refractivity contribution in [2.24, 2.45) is 10.2 Å². The predicted molar refractivity (Wildman–Crippen MR) is 84.4 cm³/mol. The van der Waals surface area contributed by atoms with E-state index < -0.39 is 0 Å². The SMILES string of the molecule is CN1C=CN(Cc2ccc(/N=N/c3ccccc3)cc2)C1. The summed E-state index contributed by atoms with van der Waals surface area (Å²) in [6, 6.07) is 18.0.